The van der Waals surface area contributed by atoms with E-state index in [1.807, 2.05) is 42.5 Å². The fraction of sp³-hybridized carbons (Fsp3) is 0.235. The van der Waals surface area contributed by atoms with Gasteiger partial charge in [-0.25, -0.2) is 0 Å². The van der Waals surface area contributed by atoms with Crippen molar-refractivity contribution >= 4 is 27.5 Å². The number of anilines is 1. The van der Waals surface area contributed by atoms with Crippen LogP contribution in [0.15, 0.2) is 54.6 Å². The van der Waals surface area contributed by atoms with Crippen molar-refractivity contribution in [2.45, 2.75) is 24.6 Å². The van der Waals surface area contributed by atoms with Crippen molar-refractivity contribution in [3.05, 3.63) is 65.7 Å². The Bertz CT molecular complexity index is 554. The number of para-hydroxylation sites is 1. The van der Waals surface area contributed by atoms with E-state index < -0.39 is 0 Å². The van der Waals surface area contributed by atoms with E-state index >= 15 is 0 Å². The van der Waals surface area contributed by atoms with Crippen LogP contribution in [0.3, 0.4) is 0 Å². The highest BCUT2D eigenvalue weighted by molar-refractivity contribution is 9.08. The van der Waals surface area contributed by atoms with Gasteiger partial charge in [-0.2, -0.15) is 0 Å². The third kappa shape index (κ3) is 4.49. The molecule has 2 nitrogen and oxygen atoms in total. The quantitative estimate of drug-likeness (QED) is 0.773. The van der Waals surface area contributed by atoms with Crippen LogP contribution < -0.4 is 5.32 Å². The molecule has 0 aliphatic carbocycles. The highest BCUT2D eigenvalue weighted by Crippen LogP contribution is 2.18. The van der Waals surface area contributed by atoms with Crippen molar-refractivity contribution in [2.24, 2.45) is 0 Å². The van der Waals surface area contributed by atoms with E-state index in [0.717, 1.165) is 29.4 Å². The first-order valence-corrected chi connectivity index (χ1v) is 7.89. The standard InChI is InChI=1S/C17H18BrNO/c18-13-15-10-4-5-11-16(15)19-17(20)12-6-9-14-7-2-1-3-8-14/h1-5,7-8,10-11H,6,9,12-13H2,(H,19,20). The molecular formula is C17H18BrNO. The molecular weight excluding hydrogens is 314 g/mol. The zero-order valence-corrected chi connectivity index (χ0v) is 12.9. The summed E-state index contributed by atoms with van der Waals surface area (Å²) in [6.07, 6.45) is 2.35. The Morgan fingerprint density at radius 2 is 1.70 bits per heavy atom. The van der Waals surface area contributed by atoms with Gasteiger partial charge in [-0.3, -0.25) is 4.79 Å². The molecule has 0 radical (unpaired) electrons. The molecule has 0 atom stereocenters. The van der Waals surface area contributed by atoms with Crippen LogP contribution in [-0.4, -0.2) is 5.91 Å². The van der Waals surface area contributed by atoms with Gasteiger partial charge in [0.1, 0.15) is 0 Å². The fourth-order valence-electron chi connectivity index (χ4n) is 2.07. The molecule has 3 heteroatoms. The molecule has 0 heterocycles. The summed E-state index contributed by atoms with van der Waals surface area (Å²) in [5.41, 5.74) is 3.28. The summed E-state index contributed by atoms with van der Waals surface area (Å²) in [6, 6.07) is 18.1. The second-order valence-electron chi connectivity index (χ2n) is 4.68. The van der Waals surface area contributed by atoms with Crippen LogP contribution in [0.5, 0.6) is 0 Å². The average Bonchev–Trinajstić information content (AvgIpc) is 2.49. The van der Waals surface area contributed by atoms with Gasteiger partial charge in [-0.1, -0.05) is 64.5 Å². The monoisotopic (exact) mass is 331 g/mol. The van der Waals surface area contributed by atoms with Crippen LogP contribution in [0.4, 0.5) is 5.69 Å². The predicted molar refractivity (Wildman–Crippen MR) is 87.1 cm³/mol. The second kappa shape index (κ2) is 7.85. The molecule has 1 N–H and O–H groups in total. The Morgan fingerprint density at radius 3 is 2.45 bits per heavy atom. The van der Waals surface area contributed by atoms with E-state index in [4.69, 9.17) is 0 Å². The van der Waals surface area contributed by atoms with E-state index in [-0.39, 0.29) is 5.91 Å². The molecule has 0 unspecified atom stereocenters. The Labute approximate surface area is 128 Å². The lowest BCUT2D eigenvalue weighted by atomic mass is 10.1. The average molecular weight is 332 g/mol. The smallest absolute Gasteiger partial charge is 0.224 e. The van der Waals surface area contributed by atoms with Gasteiger partial charge in [0.2, 0.25) is 5.91 Å². The van der Waals surface area contributed by atoms with Gasteiger partial charge in [0.15, 0.2) is 0 Å². The normalized spacial score (nSPS) is 10.2. The van der Waals surface area contributed by atoms with Crippen LogP contribution in [-0.2, 0) is 16.5 Å². The summed E-state index contributed by atoms with van der Waals surface area (Å²) in [4.78, 5) is 11.9. The summed E-state index contributed by atoms with van der Waals surface area (Å²) >= 11 is 3.43. The number of nitrogens with one attached hydrogen (secondary N) is 1. The van der Waals surface area contributed by atoms with E-state index in [9.17, 15) is 4.79 Å². The third-order valence-electron chi connectivity index (χ3n) is 3.15. The first-order valence-electron chi connectivity index (χ1n) is 6.77. The molecule has 0 aliphatic rings. The van der Waals surface area contributed by atoms with Gasteiger partial charge < -0.3 is 5.32 Å². The summed E-state index contributed by atoms with van der Waals surface area (Å²) < 4.78 is 0. The van der Waals surface area contributed by atoms with Gasteiger partial charge >= 0.3 is 0 Å². The molecule has 0 bridgehead atoms. The van der Waals surface area contributed by atoms with E-state index in [0.29, 0.717) is 6.42 Å². The lowest BCUT2D eigenvalue weighted by Gasteiger charge is -2.09. The Balaban J connectivity index is 1.81. The number of hydrogen-bond donors (Lipinski definition) is 1. The zero-order valence-electron chi connectivity index (χ0n) is 11.3. The predicted octanol–water partition coefficient (Wildman–Crippen LogP) is 4.54. The number of halogens is 1. The lowest BCUT2D eigenvalue weighted by Crippen LogP contribution is -2.12. The molecule has 2 aromatic carbocycles. The molecule has 0 spiro atoms. The first-order chi connectivity index (χ1) is 9.79. The van der Waals surface area contributed by atoms with E-state index in [1.54, 1.807) is 0 Å². The molecule has 0 saturated heterocycles. The number of carbonyl (C=O) groups excluding carboxylic acids is 1. The Hall–Kier alpha value is -1.61. The molecule has 0 aliphatic heterocycles. The molecule has 2 rings (SSSR count). The van der Waals surface area contributed by atoms with Crippen molar-refractivity contribution in [3.8, 4) is 0 Å². The van der Waals surface area contributed by atoms with E-state index in [1.165, 1.54) is 5.56 Å². The maximum absolute atomic E-state index is 11.9. The molecule has 0 aromatic heterocycles. The number of amides is 1. The van der Waals surface area contributed by atoms with Crippen LogP contribution >= 0.6 is 15.9 Å². The third-order valence-corrected chi connectivity index (χ3v) is 3.75. The van der Waals surface area contributed by atoms with Gasteiger partial charge in [0.05, 0.1) is 0 Å². The second-order valence-corrected chi connectivity index (χ2v) is 5.24. The zero-order chi connectivity index (χ0) is 14.2. The highest BCUT2D eigenvalue weighted by atomic mass is 79.9. The first kappa shape index (κ1) is 14.8. The van der Waals surface area contributed by atoms with Gasteiger partial charge in [-0.05, 0) is 30.0 Å². The van der Waals surface area contributed by atoms with Gasteiger partial charge in [0, 0.05) is 17.4 Å². The molecule has 2 aromatic rings. The molecule has 0 fully saturated rings. The molecule has 1 amide bonds. The molecule has 0 saturated carbocycles. The summed E-state index contributed by atoms with van der Waals surface area (Å²) in [7, 11) is 0. The highest BCUT2D eigenvalue weighted by Gasteiger charge is 2.05. The number of benzene rings is 2. The van der Waals surface area contributed by atoms with Crippen LogP contribution in [0.25, 0.3) is 0 Å². The number of carbonyl (C=O) groups is 1. The number of rotatable bonds is 6. The van der Waals surface area contributed by atoms with Crippen LogP contribution in [0.1, 0.15) is 24.0 Å². The lowest BCUT2D eigenvalue weighted by molar-refractivity contribution is -0.116. The number of alkyl halides is 1. The summed E-state index contributed by atoms with van der Waals surface area (Å²) in [5.74, 6) is 0.0781. The van der Waals surface area contributed by atoms with Crippen molar-refractivity contribution in [3.63, 3.8) is 0 Å². The van der Waals surface area contributed by atoms with Crippen LogP contribution in [0, 0.1) is 0 Å². The molecule has 20 heavy (non-hydrogen) atoms. The van der Waals surface area contributed by atoms with Crippen LogP contribution in [0.2, 0.25) is 0 Å². The van der Waals surface area contributed by atoms with Crippen molar-refractivity contribution < 1.29 is 4.79 Å². The SMILES string of the molecule is O=C(CCCc1ccccc1)Nc1ccccc1CBr. The molecule has 104 valence electrons. The van der Waals surface area contributed by atoms with Gasteiger partial charge in [0.25, 0.3) is 0 Å². The van der Waals surface area contributed by atoms with Crippen molar-refractivity contribution in [1.82, 2.24) is 0 Å². The van der Waals surface area contributed by atoms with Gasteiger partial charge in [-0.15, -0.1) is 0 Å². The fourth-order valence-corrected chi connectivity index (χ4v) is 2.56. The minimum atomic E-state index is 0.0781. The maximum atomic E-state index is 11.9. The Morgan fingerprint density at radius 1 is 1.00 bits per heavy atom. The number of hydrogen-bond acceptors (Lipinski definition) is 1. The number of aryl methyl sites for hydroxylation is 1. The summed E-state index contributed by atoms with van der Waals surface area (Å²) in [6.45, 7) is 0. The van der Waals surface area contributed by atoms with E-state index in [2.05, 4.69) is 33.4 Å². The Kier molecular flexibility index (Phi) is 5.81. The topological polar surface area (TPSA) is 29.1 Å². The minimum Gasteiger partial charge on any atom is -0.326 e. The van der Waals surface area contributed by atoms with Crippen molar-refractivity contribution in [1.29, 1.82) is 0 Å². The summed E-state index contributed by atoms with van der Waals surface area (Å²) in [5, 5.41) is 3.72. The van der Waals surface area contributed by atoms with Crippen molar-refractivity contribution in [2.75, 3.05) is 5.32 Å². The largest absolute Gasteiger partial charge is 0.326 e. The minimum absolute atomic E-state index is 0.0781. The maximum Gasteiger partial charge on any atom is 0.224 e.